The average molecular weight is 524 g/mol. The maximum Gasteiger partial charge on any atom is 0.330 e. The van der Waals surface area contributed by atoms with Crippen molar-refractivity contribution in [3.63, 3.8) is 0 Å². The number of aryl methyl sites for hydroxylation is 1. The Bertz CT molecular complexity index is 1340. The van der Waals surface area contributed by atoms with Crippen molar-refractivity contribution in [2.75, 3.05) is 45.8 Å². The summed E-state index contributed by atoms with van der Waals surface area (Å²) in [5.41, 5.74) is 2.44. The van der Waals surface area contributed by atoms with E-state index in [1.54, 1.807) is 50.2 Å². The Kier molecular flexibility index (Phi) is 7.94. The average Bonchev–Trinajstić information content (AvgIpc) is 3.54. The van der Waals surface area contributed by atoms with E-state index in [9.17, 15) is 9.59 Å². The first-order valence-corrected chi connectivity index (χ1v) is 13.4. The number of rotatable bonds is 9. The molecule has 0 radical (unpaired) electrons. The molecule has 0 atom stereocenters. The lowest BCUT2D eigenvalue weighted by atomic mass is 10.0. The summed E-state index contributed by atoms with van der Waals surface area (Å²) >= 11 is 0. The Labute approximate surface area is 222 Å². The zero-order chi connectivity index (χ0) is 26.6. The lowest BCUT2D eigenvalue weighted by Gasteiger charge is -2.32. The lowest BCUT2D eigenvalue weighted by Crippen LogP contribution is -2.45. The fraction of sp³-hybridized carbons (Fsp3) is 0.556. The van der Waals surface area contributed by atoms with E-state index in [4.69, 9.17) is 14.5 Å². The van der Waals surface area contributed by atoms with Crippen LogP contribution in [0.15, 0.2) is 29.2 Å². The first-order chi connectivity index (χ1) is 18.5. The van der Waals surface area contributed by atoms with Crippen molar-refractivity contribution >= 4 is 28.7 Å². The van der Waals surface area contributed by atoms with Crippen molar-refractivity contribution < 1.29 is 14.3 Å². The highest BCUT2D eigenvalue weighted by Gasteiger charge is 2.25. The van der Waals surface area contributed by atoms with Gasteiger partial charge in [0.05, 0.1) is 25.6 Å². The number of amides is 1. The van der Waals surface area contributed by atoms with Crippen molar-refractivity contribution in [2.24, 2.45) is 7.05 Å². The minimum atomic E-state index is -0.118. The van der Waals surface area contributed by atoms with Gasteiger partial charge in [0.1, 0.15) is 11.3 Å². The van der Waals surface area contributed by atoms with Crippen LogP contribution in [-0.4, -0.2) is 76.4 Å². The number of nitrogens with one attached hydrogen (secondary N) is 2. The highest BCUT2D eigenvalue weighted by molar-refractivity contribution is 5.95. The zero-order valence-corrected chi connectivity index (χ0v) is 22.4. The van der Waals surface area contributed by atoms with Crippen molar-refractivity contribution in [1.29, 1.82) is 0 Å². The molecule has 11 heteroatoms. The second kappa shape index (κ2) is 11.5. The van der Waals surface area contributed by atoms with Gasteiger partial charge in [0.25, 0.3) is 5.91 Å². The summed E-state index contributed by atoms with van der Waals surface area (Å²) in [6.45, 7) is 3.53. The van der Waals surface area contributed by atoms with Crippen LogP contribution in [0.4, 0.5) is 11.6 Å². The third kappa shape index (κ3) is 5.39. The van der Waals surface area contributed by atoms with E-state index in [1.807, 2.05) is 4.57 Å². The maximum absolute atomic E-state index is 13.0. The van der Waals surface area contributed by atoms with E-state index in [0.29, 0.717) is 34.1 Å². The molecule has 1 aromatic carbocycles. The molecule has 3 heterocycles. The number of fused-ring (bicyclic) bond motifs is 1. The third-order valence-electron chi connectivity index (χ3n) is 7.77. The summed E-state index contributed by atoms with van der Waals surface area (Å²) in [5.74, 6) is 0.760. The van der Waals surface area contributed by atoms with Gasteiger partial charge >= 0.3 is 5.69 Å². The van der Waals surface area contributed by atoms with Gasteiger partial charge in [0, 0.05) is 51.4 Å². The summed E-state index contributed by atoms with van der Waals surface area (Å²) in [5, 5.41) is 6.37. The number of anilines is 2. The summed E-state index contributed by atoms with van der Waals surface area (Å²) < 4.78 is 14.2. The second-order valence-corrected chi connectivity index (χ2v) is 10.2. The predicted octanol–water partition coefficient (Wildman–Crippen LogP) is 2.84. The predicted molar refractivity (Wildman–Crippen MR) is 145 cm³/mol. The molecule has 2 aliphatic rings. The van der Waals surface area contributed by atoms with Crippen molar-refractivity contribution in [2.45, 2.75) is 50.6 Å². The summed E-state index contributed by atoms with van der Waals surface area (Å²) in [4.78, 5) is 37.4. The topological polar surface area (TPSA) is 116 Å². The van der Waals surface area contributed by atoms with E-state index in [0.717, 1.165) is 64.8 Å². The van der Waals surface area contributed by atoms with Gasteiger partial charge in [0.2, 0.25) is 5.95 Å². The van der Waals surface area contributed by atoms with Crippen LogP contribution in [0.3, 0.4) is 0 Å². The van der Waals surface area contributed by atoms with Crippen molar-refractivity contribution in [3.8, 4) is 5.75 Å². The lowest BCUT2D eigenvalue weighted by molar-refractivity contribution is 0.0892. The maximum atomic E-state index is 13.0. The number of hydrogen-bond acceptors (Lipinski definition) is 8. The molecular weight excluding hydrogens is 486 g/mol. The van der Waals surface area contributed by atoms with Crippen LogP contribution in [0.5, 0.6) is 5.75 Å². The Morgan fingerprint density at radius 3 is 2.61 bits per heavy atom. The number of piperidine rings is 1. The molecular formula is C27H37N7O4. The summed E-state index contributed by atoms with van der Waals surface area (Å²) in [6, 6.07) is 5.60. The third-order valence-corrected chi connectivity index (χ3v) is 7.77. The number of benzene rings is 1. The first kappa shape index (κ1) is 26.2. The Morgan fingerprint density at radius 1 is 1.13 bits per heavy atom. The van der Waals surface area contributed by atoms with Gasteiger partial charge in [-0.25, -0.2) is 9.78 Å². The molecule has 204 valence electrons. The highest BCUT2D eigenvalue weighted by Crippen LogP contribution is 2.32. The number of ether oxygens (including phenoxy) is 2. The van der Waals surface area contributed by atoms with Crippen molar-refractivity contribution in [1.82, 2.24) is 29.3 Å². The molecule has 1 saturated carbocycles. The molecule has 1 saturated heterocycles. The molecule has 3 aromatic rings. The van der Waals surface area contributed by atoms with Crippen LogP contribution in [0.1, 0.15) is 54.9 Å². The molecule has 1 amide bonds. The molecule has 2 aromatic heterocycles. The van der Waals surface area contributed by atoms with Gasteiger partial charge in [-0.2, -0.15) is 4.98 Å². The smallest absolute Gasteiger partial charge is 0.330 e. The van der Waals surface area contributed by atoms with Crippen molar-refractivity contribution in [3.05, 3.63) is 40.4 Å². The van der Waals surface area contributed by atoms with Crippen LogP contribution in [-0.2, 0) is 11.8 Å². The number of aromatic nitrogens is 4. The normalized spacial score (nSPS) is 17.2. The van der Waals surface area contributed by atoms with Crippen LogP contribution in [0.2, 0.25) is 0 Å². The minimum absolute atomic E-state index is 0.0630. The van der Waals surface area contributed by atoms with Crippen LogP contribution >= 0.6 is 0 Å². The van der Waals surface area contributed by atoms with Crippen LogP contribution < -0.4 is 21.1 Å². The van der Waals surface area contributed by atoms with E-state index in [1.165, 1.54) is 0 Å². The minimum Gasteiger partial charge on any atom is -0.495 e. The van der Waals surface area contributed by atoms with Gasteiger partial charge in [-0.15, -0.1) is 0 Å². The molecule has 0 spiro atoms. The van der Waals surface area contributed by atoms with Crippen LogP contribution in [0, 0.1) is 0 Å². The van der Waals surface area contributed by atoms with E-state index in [2.05, 4.69) is 20.5 Å². The second-order valence-electron chi connectivity index (χ2n) is 10.2. The fourth-order valence-corrected chi connectivity index (χ4v) is 5.53. The molecule has 38 heavy (non-hydrogen) atoms. The monoisotopic (exact) mass is 523 g/mol. The zero-order valence-electron chi connectivity index (χ0n) is 22.4. The summed E-state index contributed by atoms with van der Waals surface area (Å²) in [6.07, 6.45) is 7.70. The first-order valence-electron chi connectivity index (χ1n) is 13.4. The molecule has 2 N–H and O–H groups in total. The number of carbonyl (C=O) groups excluding carboxylic acids is 1. The number of imidazole rings is 1. The molecule has 1 aliphatic carbocycles. The standard InChI is InChI=1S/C27H37N7O4/c1-32-22-17-28-26(31-24(22)34(27(32)36)20-6-4-5-7-20)30-21-9-8-18(16-23(21)38-3)25(35)29-19-10-12-33(13-11-19)14-15-37-2/h8-9,16-17,19-20H,4-7,10-15H2,1-3H3,(H,29,35)(H,28,30,31). The Hall–Kier alpha value is -3.44. The quantitative estimate of drug-likeness (QED) is 0.440. The molecule has 0 unspecified atom stereocenters. The van der Waals surface area contributed by atoms with E-state index in [-0.39, 0.29) is 23.7 Å². The highest BCUT2D eigenvalue weighted by atomic mass is 16.5. The molecule has 2 fully saturated rings. The summed E-state index contributed by atoms with van der Waals surface area (Å²) in [7, 11) is 5.04. The fourth-order valence-electron chi connectivity index (χ4n) is 5.53. The van der Waals surface area contributed by atoms with Crippen LogP contribution in [0.25, 0.3) is 11.2 Å². The van der Waals surface area contributed by atoms with Gasteiger partial charge in [-0.3, -0.25) is 13.9 Å². The van der Waals surface area contributed by atoms with E-state index >= 15 is 0 Å². The number of methoxy groups -OCH3 is 2. The SMILES string of the molecule is COCCN1CCC(NC(=O)c2ccc(Nc3ncc4c(n3)n(C3CCCC3)c(=O)n4C)c(OC)c2)CC1. The Morgan fingerprint density at radius 2 is 1.89 bits per heavy atom. The number of nitrogens with zero attached hydrogens (tertiary/aromatic N) is 5. The van der Waals surface area contributed by atoms with Gasteiger partial charge in [-0.1, -0.05) is 12.8 Å². The number of hydrogen-bond donors (Lipinski definition) is 2. The number of likely N-dealkylation sites (tertiary alicyclic amines) is 1. The van der Waals surface area contributed by atoms with Gasteiger partial charge in [0.15, 0.2) is 5.65 Å². The molecule has 5 rings (SSSR count). The molecule has 11 nitrogen and oxygen atoms in total. The molecule has 0 bridgehead atoms. The Balaban J connectivity index is 1.29. The molecule has 1 aliphatic heterocycles. The van der Waals surface area contributed by atoms with Gasteiger partial charge < -0.3 is 25.0 Å². The van der Waals surface area contributed by atoms with E-state index < -0.39 is 0 Å². The van der Waals surface area contributed by atoms with Gasteiger partial charge in [-0.05, 0) is 43.9 Å². The number of carbonyl (C=O) groups is 1. The largest absolute Gasteiger partial charge is 0.495 e.